The van der Waals surface area contributed by atoms with Crippen LogP contribution >= 0.6 is 22.9 Å². The Bertz CT molecular complexity index is 778. The molecule has 1 aromatic heterocycles. The van der Waals surface area contributed by atoms with Crippen molar-refractivity contribution in [3.63, 3.8) is 0 Å². The molecule has 1 atom stereocenters. The van der Waals surface area contributed by atoms with E-state index in [1.165, 1.54) is 17.8 Å². The number of urea groups is 1. The molecule has 26 heavy (non-hydrogen) atoms. The number of carbonyl (C=O) groups is 2. The van der Waals surface area contributed by atoms with E-state index in [4.69, 9.17) is 11.6 Å². The number of nitrogens with zero attached hydrogens (tertiary/aromatic N) is 2. The van der Waals surface area contributed by atoms with Crippen molar-refractivity contribution in [1.82, 2.24) is 9.88 Å². The molecular weight excluding hydrogens is 372 g/mol. The Morgan fingerprint density at radius 2 is 2.08 bits per heavy atom. The van der Waals surface area contributed by atoms with Gasteiger partial charge in [0.25, 0.3) is 0 Å². The van der Waals surface area contributed by atoms with Gasteiger partial charge in [0.15, 0.2) is 5.13 Å². The maximum atomic E-state index is 12.4. The van der Waals surface area contributed by atoms with Crippen LogP contribution in [0.4, 0.5) is 15.6 Å². The third-order valence-electron chi connectivity index (χ3n) is 4.22. The summed E-state index contributed by atoms with van der Waals surface area (Å²) in [5, 5.41) is 8.27. The van der Waals surface area contributed by atoms with Gasteiger partial charge < -0.3 is 10.2 Å². The van der Waals surface area contributed by atoms with Crippen molar-refractivity contribution in [2.45, 2.75) is 26.2 Å². The van der Waals surface area contributed by atoms with Gasteiger partial charge in [-0.15, -0.1) is 11.3 Å². The number of hydrogen-bond donors (Lipinski definition) is 2. The van der Waals surface area contributed by atoms with Gasteiger partial charge in [0.05, 0.1) is 12.1 Å². The van der Waals surface area contributed by atoms with E-state index in [0.29, 0.717) is 27.5 Å². The molecule has 3 rings (SSSR count). The number of hydrogen-bond acceptors (Lipinski definition) is 4. The number of nitrogens with one attached hydrogen (secondary N) is 2. The molecule has 1 fully saturated rings. The van der Waals surface area contributed by atoms with Gasteiger partial charge in [-0.3, -0.25) is 10.1 Å². The molecule has 3 amide bonds. The SMILES string of the molecule is C[C@@H]1CCCN(C(=O)Cc2csc(NC(=O)Nc3ccc(Cl)cc3)n2)C1. The number of rotatable bonds is 4. The Balaban J connectivity index is 1.51. The first-order valence-corrected chi connectivity index (χ1v) is 9.81. The average molecular weight is 393 g/mol. The van der Waals surface area contributed by atoms with Gasteiger partial charge in [-0.2, -0.15) is 0 Å². The molecule has 1 aromatic carbocycles. The van der Waals surface area contributed by atoms with Crippen molar-refractivity contribution < 1.29 is 9.59 Å². The van der Waals surface area contributed by atoms with Crippen LogP contribution in [0.15, 0.2) is 29.6 Å². The first kappa shape index (κ1) is 18.7. The highest BCUT2D eigenvalue weighted by Gasteiger charge is 2.21. The quantitative estimate of drug-likeness (QED) is 0.817. The summed E-state index contributed by atoms with van der Waals surface area (Å²) >= 11 is 7.12. The van der Waals surface area contributed by atoms with E-state index in [-0.39, 0.29) is 18.4 Å². The zero-order valence-electron chi connectivity index (χ0n) is 14.5. The lowest BCUT2D eigenvalue weighted by Gasteiger charge is -2.30. The van der Waals surface area contributed by atoms with E-state index in [0.717, 1.165) is 19.5 Å². The molecule has 0 bridgehead atoms. The number of amides is 3. The summed E-state index contributed by atoms with van der Waals surface area (Å²) in [6.07, 6.45) is 2.50. The van der Waals surface area contributed by atoms with Crippen molar-refractivity contribution in [2.75, 3.05) is 23.7 Å². The van der Waals surface area contributed by atoms with Crippen LogP contribution in [0.25, 0.3) is 0 Å². The van der Waals surface area contributed by atoms with E-state index in [2.05, 4.69) is 22.5 Å². The van der Waals surface area contributed by atoms with Crippen LogP contribution in [0.2, 0.25) is 5.02 Å². The second kappa shape index (κ2) is 8.51. The summed E-state index contributed by atoms with van der Waals surface area (Å²) in [6, 6.07) is 6.45. The standard InChI is InChI=1S/C18H21ClN4O2S/c1-12-3-2-8-23(10-12)16(24)9-15-11-26-18(21-15)22-17(25)20-14-6-4-13(19)5-7-14/h4-7,11-12H,2-3,8-10H2,1H3,(H2,20,21,22,25)/t12-/m1/s1. The Kier molecular flexibility index (Phi) is 6.11. The van der Waals surface area contributed by atoms with Gasteiger partial charge in [0.1, 0.15) is 0 Å². The topological polar surface area (TPSA) is 74.3 Å². The fraction of sp³-hybridized carbons (Fsp3) is 0.389. The highest BCUT2D eigenvalue weighted by atomic mass is 35.5. The second-order valence-corrected chi connectivity index (χ2v) is 7.79. The molecule has 8 heteroatoms. The van der Waals surface area contributed by atoms with E-state index in [9.17, 15) is 9.59 Å². The Labute approximate surface area is 161 Å². The highest BCUT2D eigenvalue weighted by molar-refractivity contribution is 7.14. The summed E-state index contributed by atoms with van der Waals surface area (Å²) in [5.74, 6) is 0.649. The molecule has 0 aliphatic carbocycles. The minimum Gasteiger partial charge on any atom is -0.342 e. The Hall–Kier alpha value is -2.12. The summed E-state index contributed by atoms with van der Waals surface area (Å²) in [6.45, 7) is 3.81. The monoisotopic (exact) mass is 392 g/mol. The lowest BCUT2D eigenvalue weighted by atomic mass is 10.00. The number of halogens is 1. The fourth-order valence-electron chi connectivity index (χ4n) is 2.92. The predicted octanol–water partition coefficient (Wildman–Crippen LogP) is 4.24. The van der Waals surface area contributed by atoms with E-state index in [1.54, 1.807) is 24.3 Å². The van der Waals surface area contributed by atoms with Crippen LogP contribution < -0.4 is 10.6 Å². The van der Waals surface area contributed by atoms with Gasteiger partial charge in [-0.05, 0) is 43.0 Å². The van der Waals surface area contributed by atoms with Gasteiger partial charge in [-0.1, -0.05) is 18.5 Å². The number of thiazole rings is 1. The van der Waals surface area contributed by atoms with Crippen LogP contribution in [-0.4, -0.2) is 34.9 Å². The smallest absolute Gasteiger partial charge is 0.325 e. The molecule has 0 saturated carbocycles. The van der Waals surface area contributed by atoms with Crippen molar-refractivity contribution in [3.8, 4) is 0 Å². The summed E-state index contributed by atoms with van der Waals surface area (Å²) in [4.78, 5) is 30.7. The Morgan fingerprint density at radius 3 is 2.81 bits per heavy atom. The van der Waals surface area contributed by atoms with Gasteiger partial charge in [0.2, 0.25) is 5.91 Å². The number of piperidine rings is 1. The summed E-state index contributed by atoms with van der Waals surface area (Å²) in [7, 11) is 0. The van der Waals surface area contributed by atoms with E-state index >= 15 is 0 Å². The maximum absolute atomic E-state index is 12.4. The van der Waals surface area contributed by atoms with Crippen LogP contribution in [0.5, 0.6) is 0 Å². The lowest BCUT2D eigenvalue weighted by molar-refractivity contribution is -0.132. The van der Waals surface area contributed by atoms with Crippen molar-refractivity contribution in [1.29, 1.82) is 0 Å². The fourth-order valence-corrected chi connectivity index (χ4v) is 3.75. The second-order valence-electron chi connectivity index (χ2n) is 6.49. The molecule has 0 spiro atoms. The minimum absolute atomic E-state index is 0.0963. The van der Waals surface area contributed by atoms with Crippen LogP contribution in [0.1, 0.15) is 25.5 Å². The van der Waals surface area contributed by atoms with Crippen LogP contribution in [0.3, 0.4) is 0 Å². The van der Waals surface area contributed by atoms with Gasteiger partial charge in [-0.25, -0.2) is 9.78 Å². The molecule has 2 N–H and O–H groups in total. The van der Waals surface area contributed by atoms with Gasteiger partial charge >= 0.3 is 6.03 Å². The van der Waals surface area contributed by atoms with Crippen LogP contribution in [0, 0.1) is 5.92 Å². The van der Waals surface area contributed by atoms with E-state index in [1.807, 2.05) is 10.3 Å². The summed E-state index contributed by atoms with van der Waals surface area (Å²) in [5.41, 5.74) is 1.32. The zero-order chi connectivity index (χ0) is 18.5. The molecule has 0 radical (unpaired) electrons. The number of benzene rings is 1. The molecule has 2 aromatic rings. The molecule has 1 saturated heterocycles. The number of likely N-dealkylation sites (tertiary alicyclic amines) is 1. The molecule has 0 unspecified atom stereocenters. The molecular formula is C18H21ClN4O2S. The van der Waals surface area contributed by atoms with Crippen molar-refractivity contribution in [2.24, 2.45) is 5.92 Å². The van der Waals surface area contributed by atoms with Crippen molar-refractivity contribution >= 4 is 45.7 Å². The first-order chi connectivity index (χ1) is 12.5. The number of carbonyl (C=O) groups excluding carboxylic acids is 2. The lowest BCUT2D eigenvalue weighted by Crippen LogP contribution is -2.39. The summed E-state index contributed by atoms with van der Waals surface area (Å²) < 4.78 is 0. The maximum Gasteiger partial charge on any atom is 0.325 e. The molecule has 2 heterocycles. The zero-order valence-corrected chi connectivity index (χ0v) is 16.1. The molecule has 1 aliphatic heterocycles. The predicted molar refractivity (Wildman–Crippen MR) is 105 cm³/mol. The molecule has 6 nitrogen and oxygen atoms in total. The first-order valence-electron chi connectivity index (χ1n) is 8.55. The normalized spacial score (nSPS) is 17.0. The largest absolute Gasteiger partial charge is 0.342 e. The average Bonchev–Trinajstić information content (AvgIpc) is 3.03. The molecule has 138 valence electrons. The van der Waals surface area contributed by atoms with Crippen molar-refractivity contribution in [3.05, 3.63) is 40.4 Å². The highest BCUT2D eigenvalue weighted by Crippen LogP contribution is 2.20. The molecule has 1 aliphatic rings. The number of aromatic nitrogens is 1. The van der Waals surface area contributed by atoms with Crippen LogP contribution in [-0.2, 0) is 11.2 Å². The Morgan fingerprint density at radius 1 is 1.31 bits per heavy atom. The third kappa shape index (κ3) is 5.19. The number of anilines is 2. The van der Waals surface area contributed by atoms with E-state index < -0.39 is 0 Å². The van der Waals surface area contributed by atoms with Gasteiger partial charge in [0, 0.05) is 29.2 Å². The minimum atomic E-state index is -0.385. The third-order valence-corrected chi connectivity index (χ3v) is 5.27.